The number of ether oxygens (including phenoxy) is 2. The molecular weight excluding hydrogens is 228 g/mol. The van der Waals surface area contributed by atoms with Gasteiger partial charge in [0.05, 0.1) is 12.9 Å². The number of hydrogen-bond donors (Lipinski definition) is 0. The number of carbonyl (C=O) groups is 1. The Morgan fingerprint density at radius 1 is 1.39 bits per heavy atom. The van der Waals surface area contributed by atoms with E-state index in [4.69, 9.17) is 9.47 Å². The summed E-state index contributed by atoms with van der Waals surface area (Å²) in [7, 11) is 0. The van der Waals surface area contributed by atoms with E-state index in [0.29, 0.717) is 12.2 Å². The van der Waals surface area contributed by atoms with E-state index in [-0.39, 0.29) is 5.97 Å². The molecule has 1 atom stereocenters. The third kappa shape index (κ3) is 4.45. The van der Waals surface area contributed by atoms with Crippen LogP contribution in [-0.4, -0.2) is 12.6 Å². The van der Waals surface area contributed by atoms with Crippen molar-refractivity contribution in [3.05, 3.63) is 60.4 Å². The van der Waals surface area contributed by atoms with Crippen LogP contribution in [0.4, 0.5) is 0 Å². The monoisotopic (exact) mass is 246 g/mol. The van der Waals surface area contributed by atoms with E-state index < -0.39 is 6.10 Å². The highest BCUT2D eigenvalue weighted by atomic mass is 16.5. The summed E-state index contributed by atoms with van der Waals surface area (Å²) in [6.45, 7) is 7.78. The lowest BCUT2D eigenvalue weighted by molar-refractivity contribution is -0.144. The van der Waals surface area contributed by atoms with E-state index in [1.807, 2.05) is 37.3 Å². The van der Waals surface area contributed by atoms with Crippen LogP contribution in [0, 0.1) is 0 Å². The van der Waals surface area contributed by atoms with Gasteiger partial charge in [-0.15, -0.1) is 0 Å². The van der Waals surface area contributed by atoms with Crippen molar-refractivity contribution in [3.63, 3.8) is 0 Å². The molecule has 96 valence electrons. The SMILES string of the molecule is C=C(/C=C\OCC)[C@@H](OC(C)=O)c1ccccc1. The second-order valence-corrected chi connectivity index (χ2v) is 3.73. The van der Waals surface area contributed by atoms with Gasteiger partial charge in [-0.1, -0.05) is 36.9 Å². The molecule has 0 saturated heterocycles. The van der Waals surface area contributed by atoms with Gasteiger partial charge in [0.2, 0.25) is 0 Å². The van der Waals surface area contributed by atoms with Crippen LogP contribution in [0.25, 0.3) is 0 Å². The second kappa shape index (κ2) is 7.33. The molecule has 1 rings (SSSR count). The third-order valence-corrected chi connectivity index (χ3v) is 2.27. The second-order valence-electron chi connectivity index (χ2n) is 3.73. The van der Waals surface area contributed by atoms with Crippen LogP contribution in [0.5, 0.6) is 0 Å². The van der Waals surface area contributed by atoms with Gasteiger partial charge in [0.1, 0.15) is 0 Å². The van der Waals surface area contributed by atoms with E-state index in [9.17, 15) is 4.79 Å². The smallest absolute Gasteiger partial charge is 0.303 e. The maximum Gasteiger partial charge on any atom is 0.303 e. The van der Waals surface area contributed by atoms with Gasteiger partial charge in [0.15, 0.2) is 6.10 Å². The number of rotatable bonds is 6. The normalized spacial score (nSPS) is 12.1. The van der Waals surface area contributed by atoms with Crippen molar-refractivity contribution in [2.75, 3.05) is 6.61 Å². The summed E-state index contributed by atoms with van der Waals surface area (Å²) in [6.07, 6.45) is 2.80. The third-order valence-electron chi connectivity index (χ3n) is 2.27. The fourth-order valence-electron chi connectivity index (χ4n) is 1.47. The minimum absolute atomic E-state index is 0.338. The minimum Gasteiger partial charge on any atom is -0.501 e. The molecular formula is C15H18O3. The predicted octanol–water partition coefficient (Wildman–Crippen LogP) is 3.40. The van der Waals surface area contributed by atoms with Crippen LogP contribution in [0.1, 0.15) is 25.5 Å². The lowest BCUT2D eigenvalue weighted by Crippen LogP contribution is -2.09. The van der Waals surface area contributed by atoms with Crippen molar-refractivity contribution in [1.29, 1.82) is 0 Å². The molecule has 0 saturated carbocycles. The first kappa shape index (κ1) is 14.0. The van der Waals surface area contributed by atoms with Gasteiger partial charge in [-0.2, -0.15) is 0 Å². The molecule has 0 N–H and O–H groups in total. The maximum absolute atomic E-state index is 11.1. The molecule has 3 nitrogen and oxygen atoms in total. The number of hydrogen-bond acceptors (Lipinski definition) is 3. The van der Waals surface area contributed by atoms with Crippen molar-refractivity contribution in [1.82, 2.24) is 0 Å². The first-order valence-corrected chi connectivity index (χ1v) is 5.84. The molecule has 0 spiro atoms. The Morgan fingerprint density at radius 3 is 2.61 bits per heavy atom. The summed E-state index contributed by atoms with van der Waals surface area (Å²) in [4.78, 5) is 11.1. The van der Waals surface area contributed by atoms with Gasteiger partial charge < -0.3 is 9.47 Å². The quantitative estimate of drug-likeness (QED) is 0.438. The summed E-state index contributed by atoms with van der Waals surface area (Å²) < 4.78 is 10.4. The summed E-state index contributed by atoms with van der Waals surface area (Å²) in [5.74, 6) is -0.338. The average molecular weight is 246 g/mol. The van der Waals surface area contributed by atoms with Crippen molar-refractivity contribution in [3.8, 4) is 0 Å². The first-order valence-electron chi connectivity index (χ1n) is 5.84. The molecule has 0 fully saturated rings. The summed E-state index contributed by atoms with van der Waals surface area (Å²) in [5, 5.41) is 0. The van der Waals surface area contributed by atoms with E-state index in [1.165, 1.54) is 6.92 Å². The summed E-state index contributed by atoms with van der Waals surface area (Å²) >= 11 is 0. The molecule has 0 amide bonds. The molecule has 3 heteroatoms. The van der Waals surface area contributed by atoms with Crippen LogP contribution in [0.15, 0.2) is 54.8 Å². The van der Waals surface area contributed by atoms with E-state index >= 15 is 0 Å². The van der Waals surface area contributed by atoms with Crippen LogP contribution in [-0.2, 0) is 14.3 Å². The maximum atomic E-state index is 11.1. The summed E-state index contributed by atoms with van der Waals surface area (Å²) in [5.41, 5.74) is 1.56. The Bertz CT molecular complexity index is 421. The van der Waals surface area contributed by atoms with E-state index in [0.717, 1.165) is 5.56 Å². The lowest BCUT2D eigenvalue weighted by Gasteiger charge is -2.17. The van der Waals surface area contributed by atoms with Crippen molar-refractivity contribution < 1.29 is 14.3 Å². The Hall–Kier alpha value is -2.03. The Kier molecular flexibility index (Phi) is 5.71. The topological polar surface area (TPSA) is 35.5 Å². The van der Waals surface area contributed by atoms with Gasteiger partial charge in [-0.25, -0.2) is 0 Å². The van der Waals surface area contributed by atoms with Gasteiger partial charge in [0, 0.05) is 6.92 Å². The van der Waals surface area contributed by atoms with Crippen molar-refractivity contribution >= 4 is 5.97 Å². The van der Waals surface area contributed by atoms with E-state index in [2.05, 4.69) is 6.58 Å². The molecule has 18 heavy (non-hydrogen) atoms. The molecule has 0 unspecified atom stereocenters. The lowest BCUT2D eigenvalue weighted by atomic mass is 10.0. The average Bonchev–Trinajstić information content (AvgIpc) is 2.37. The van der Waals surface area contributed by atoms with Gasteiger partial charge >= 0.3 is 5.97 Å². The Morgan fingerprint density at radius 2 is 2.06 bits per heavy atom. The van der Waals surface area contributed by atoms with Crippen molar-refractivity contribution in [2.24, 2.45) is 0 Å². The first-order chi connectivity index (χ1) is 8.65. The van der Waals surface area contributed by atoms with Gasteiger partial charge in [0.25, 0.3) is 0 Å². The molecule has 0 radical (unpaired) electrons. The zero-order valence-electron chi connectivity index (χ0n) is 10.8. The molecule has 0 aliphatic heterocycles. The highest BCUT2D eigenvalue weighted by Crippen LogP contribution is 2.25. The van der Waals surface area contributed by atoms with Gasteiger partial charge in [-0.3, -0.25) is 4.79 Å². The number of esters is 1. The Balaban J connectivity index is 2.85. The predicted molar refractivity (Wildman–Crippen MR) is 70.9 cm³/mol. The van der Waals surface area contributed by atoms with Gasteiger partial charge in [-0.05, 0) is 24.1 Å². The number of carbonyl (C=O) groups excluding carboxylic acids is 1. The largest absolute Gasteiger partial charge is 0.501 e. The van der Waals surface area contributed by atoms with Crippen LogP contribution in [0.3, 0.4) is 0 Å². The molecule has 0 aliphatic rings. The zero-order chi connectivity index (χ0) is 13.4. The van der Waals surface area contributed by atoms with Crippen LogP contribution in [0.2, 0.25) is 0 Å². The fourth-order valence-corrected chi connectivity index (χ4v) is 1.47. The molecule has 0 aromatic heterocycles. The molecule has 0 heterocycles. The number of benzene rings is 1. The fraction of sp³-hybridized carbons (Fsp3) is 0.267. The minimum atomic E-state index is -0.472. The zero-order valence-corrected chi connectivity index (χ0v) is 10.8. The summed E-state index contributed by atoms with van der Waals surface area (Å²) in [6, 6.07) is 9.49. The standard InChI is InChI=1S/C15H18O3/c1-4-17-11-10-12(2)15(18-13(3)16)14-8-6-5-7-9-14/h5-11,15H,2,4H2,1,3H3/b11-10-/t15-/m1/s1. The Labute approximate surface area is 108 Å². The highest BCUT2D eigenvalue weighted by molar-refractivity contribution is 5.67. The van der Waals surface area contributed by atoms with Crippen molar-refractivity contribution in [2.45, 2.75) is 20.0 Å². The van der Waals surface area contributed by atoms with Crippen LogP contribution >= 0.6 is 0 Å². The highest BCUT2D eigenvalue weighted by Gasteiger charge is 2.16. The van der Waals surface area contributed by atoms with Crippen LogP contribution < -0.4 is 0 Å². The van der Waals surface area contributed by atoms with E-state index in [1.54, 1.807) is 12.3 Å². The molecule has 1 aromatic carbocycles. The molecule has 0 aliphatic carbocycles. The molecule has 0 bridgehead atoms. The molecule has 1 aromatic rings.